The number of benzene rings is 1. The van der Waals surface area contributed by atoms with Crippen molar-refractivity contribution in [2.24, 2.45) is 0 Å². The van der Waals surface area contributed by atoms with Gasteiger partial charge in [-0.25, -0.2) is 9.07 Å². The molecule has 0 aliphatic heterocycles. The molecule has 2 aromatic rings. The minimum atomic E-state index is -0.273. The molecule has 102 valence electrons. The fourth-order valence-electron chi connectivity index (χ4n) is 1.75. The Bertz CT molecular complexity index is 544. The van der Waals surface area contributed by atoms with E-state index in [0.29, 0.717) is 24.7 Å². The summed E-state index contributed by atoms with van der Waals surface area (Å²) in [5.74, 6) is -0.273. The number of aromatic nitrogens is 2. The van der Waals surface area contributed by atoms with Gasteiger partial charge in [-0.05, 0) is 23.8 Å². The number of rotatable bonds is 6. The van der Waals surface area contributed by atoms with Crippen LogP contribution in [0.2, 0.25) is 5.02 Å². The van der Waals surface area contributed by atoms with Crippen molar-refractivity contribution < 1.29 is 9.13 Å². The number of nitrogens with one attached hydrogen (secondary N) is 1. The third kappa shape index (κ3) is 3.76. The van der Waals surface area contributed by atoms with E-state index in [1.54, 1.807) is 30.3 Å². The number of halogens is 2. The minimum absolute atomic E-state index is 0.273. The molecule has 0 radical (unpaired) electrons. The monoisotopic (exact) mass is 283 g/mol. The normalized spacial score (nSPS) is 10.9. The Balaban J connectivity index is 2.18. The molecule has 19 heavy (non-hydrogen) atoms. The van der Waals surface area contributed by atoms with Gasteiger partial charge in [0.05, 0.1) is 23.5 Å². The molecule has 6 heteroatoms. The molecular formula is C13H15ClFN3O. The van der Waals surface area contributed by atoms with Crippen molar-refractivity contribution in [1.29, 1.82) is 0 Å². The standard InChI is InChI=1S/C13H15ClFN3O/c1-19-5-4-16-7-10-6-12(15)2-3-13(10)18-9-11(14)8-17-18/h2-3,6,8-9,16H,4-5,7H2,1H3. The van der Waals surface area contributed by atoms with Crippen LogP contribution in [0.5, 0.6) is 0 Å². The average Bonchev–Trinajstić information content (AvgIpc) is 2.81. The average molecular weight is 284 g/mol. The zero-order valence-electron chi connectivity index (χ0n) is 10.6. The molecule has 1 N–H and O–H groups in total. The molecule has 0 spiro atoms. The largest absolute Gasteiger partial charge is 0.383 e. The summed E-state index contributed by atoms with van der Waals surface area (Å²) in [7, 11) is 1.64. The van der Waals surface area contributed by atoms with Gasteiger partial charge >= 0.3 is 0 Å². The zero-order chi connectivity index (χ0) is 13.7. The lowest BCUT2D eigenvalue weighted by Gasteiger charge is -2.10. The van der Waals surface area contributed by atoms with Crippen LogP contribution < -0.4 is 5.32 Å². The van der Waals surface area contributed by atoms with Gasteiger partial charge in [-0.3, -0.25) is 0 Å². The fourth-order valence-corrected chi connectivity index (χ4v) is 1.89. The van der Waals surface area contributed by atoms with Crippen LogP contribution in [0.15, 0.2) is 30.6 Å². The van der Waals surface area contributed by atoms with E-state index in [1.807, 2.05) is 0 Å². The molecule has 0 bridgehead atoms. The molecule has 0 aliphatic rings. The summed E-state index contributed by atoms with van der Waals surface area (Å²) in [6.07, 6.45) is 3.24. The predicted molar refractivity (Wildman–Crippen MR) is 72.1 cm³/mol. The highest BCUT2D eigenvalue weighted by Gasteiger charge is 2.07. The first-order chi connectivity index (χ1) is 9.20. The summed E-state index contributed by atoms with van der Waals surface area (Å²) in [5.41, 5.74) is 1.62. The van der Waals surface area contributed by atoms with E-state index < -0.39 is 0 Å². The van der Waals surface area contributed by atoms with Crippen molar-refractivity contribution in [3.05, 3.63) is 47.0 Å². The Labute approximate surface area is 116 Å². The van der Waals surface area contributed by atoms with E-state index in [1.165, 1.54) is 12.1 Å². The molecule has 0 atom stereocenters. The number of hydrogen-bond acceptors (Lipinski definition) is 3. The van der Waals surface area contributed by atoms with Crippen LogP contribution in [0.25, 0.3) is 5.69 Å². The van der Waals surface area contributed by atoms with Crippen LogP contribution in [-0.4, -0.2) is 30.0 Å². The lowest BCUT2D eigenvalue weighted by Crippen LogP contribution is -2.19. The van der Waals surface area contributed by atoms with E-state index in [0.717, 1.165) is 11.3 Å². The number of hydrogen-bond donors (Lipinski definition) is 1. The second kappa shape index (κ2) is 6.65. The highest BCUT2D eigenvalue weighted by molar-refractivity contribution is 6.30. The number of nitrogens with zero attached hydrogens (tertiary/aromatic N) is 2. The van der Waals surface area contributed by atoms with Crippen LogP contribution in [0, 0.1) is 5.82 Å². The first kappa shape index (κ1) is 14.0. The Morgan fingerprint density at radius 2 is 2.32 bits per heavy atom. The Hall–Kier alpha value is -1.43. The van der Waals surface area contributed by atoms with Gasteiger partial charge in [-0.1, -0.05) is 11.6 Å². The van der Waals surface area contributed by atoms with E-state index in [-0.39, 0.29) is 5.82 Å². The van der Waals surface area contributed by atoms with E-state index >= 15 is 0 Å². The van der Waals surface area contributed by atoms with Gasteiger partial charge in [0.15, 0.2) is 0 Å². The molecule has 0 saturated carbocycles. The van der Waals surface area contributed by atoms with Crippen molar-refractivity contribution in [3.63, 3.8) is 0 Å². The van der Waals surface area contributed by atoms with Crippen molar-refractivity contribution in [2.45, 2.75) is 6.54 Å². The highest BCUT2D eigenvalue weighted by Crippen LogP contribution is 2.17. The quantitative estimate of drug-likeness (QED) is 0.828. The predicted octanol–water partition coefficient (Wildman–Crippen LogP) is 2.40. The molecule has 0 amide bonds. The first-order valence-corrected chi connectivity index (χ1v) is 6.27. The van der Waals surface area contributed by atoms with E-state index in [9.17, 15) is 4.39 Å². The summed E-state index contributed by atoms with van der Waals surface area (Å²) in [4.78, 5) is 0. The van der Waals surface area contributed by atoms with Gasteiger partial charge in [-0.2, -0.15) is 5.10 Å². The third-order valence-corrected chi connectivity index (χ3v) is 2.83. The highest BCUT2D eigenvalue weighted by atomic mass is 35.5. The smallest absolute Gasteiger partial charge is 0.123 e. The molecule has 0 aliphatic carbocycles. The van der Waals surface area contributed by atoms with Crippen LogP contribution in [0.3, 0.4) is 0 Å². The molecule has 1 aromatic carbocycles. The van der Waals surface area contributed by atoms with Crippen molar-refractivity contribution in [2.75, 3.05) is 20.3 Å². The second-order valence-electron chi connectivity index (χ2n) is 4.05. The second-order valence-corrected chi connectivity index (χ2v) is 4.48. The SMILES string of the molecule is COCCNCc1cc(F)ccc1-n1cc(Cl)cn1. The van der Waals surface area contributed by atoms with Gasteiger partial charge in [0.2, 0.25) is 0 Å². The molecule has 0 saturated heterocycles. The lowest BCUT2D eigenvalue weighted by atomic mass is 10.1. The fraction of sp³-hybridized carbons (Fsp3) is 0.308. The maximum Gasteiger partial charge on any atom is 0.123 e. The first-order valence-electron chi connectivity index (χ1n) is 5.89. The van der Waals surface area contributed by atoms with E-state index in [4.69, 9.17) is 16.3 Å². The zero-order valence-corrected chi connectivity index (χ0v) is 11.3. The van der Waals surface area contributed by atoms with Crippen molar-refractivity contribution in [1.82, 2.24) is 15.1 Å². The van der Waals surface area contributed by atoms with Gasteiger partial charge in [0.1, 0.15) is 5.82 Å². The number of ether oxygens (including phenoxy) is 1. The maximum absolute atomic E-state index is 13.3. The maximum atomic E-state index is 13.3. The molecule has 1 heterocycles. The summed E-state index contributed by atoms with van der Waals surface area (Å²) in [6, 6.07) is 4.58. The molecule has 0 fully saturated rings. The van der Waals surface area contributed by atoms with Crippen molar-refractivity contribution >= 4 is 11.6 Å². The Kier molecular flexibility index (Phi) is 4.90. The summed E-state index contributed by atoms with van der Waals surface area (Å²) >= 11 is 5.85. The van der Waals surface area contributed by atoms with E-state index in [2.05, 4.69) is 10.4 Å². The van der Waals surface area contributed by atoms with Crippen LogP contribution in [0.1, 0.15) is 5.56 Å². The van der Waals surface area contributed by atoms with Crippen molar-refractivity contribution in [3.8, 4) is 5.69 Å². The number of methoxy groups -OCH3 is 1. The Morgan fingerprint density at radius 1 is 1.47 bits per heavy atom. The molecule has 1 aromatic heterocycles. The summed E-state index contributed by atoms with van der Waals surface area (Å²) in [6.45, 7) is 1.85. The van der Waals surface area contributed by atoms with Crippen LogP contribution in [-0.2, 0) is 11.3 Å². The molecule has 0 unspecified atom stereocenters. The molecule has 2 rings (SSSR count). The molecule has 4 nitrogen and oxygen atoms in total. The third-order valence-electron chi connectivity index (χ3n) is 2.64. The molecular weight excluding hydrogens is 269 g/mol. The minimum Gasteiger partial charge on any atom is -0.383 e. The van der Waals surface area contributed by atoms with Gasteiger partial charge < -0.3 is 10.1 Å². The van der Waals surface area contributed by atoms with Gasteiger partial charge in [-0.15, -0.1) is 0 Å². The topological polar surface area (TPSA) is 39.1 Å². The van der Waals surface area contributed by atoms with Gasteiger partial charge in [0, 0.05) is 26.4 Å². The van der Waals surface area contributed by atoms with Crippen LogP contribution in [0.4, 0.5) is 4.39 Å². The summed E-state index contributed by atoms with van der Waals surface area (Å²) in [5, 5.41) is 7.86. The summed E-state index contributed by atoms with van der Waals surface area (Å²) < 4.78 is 19.9. The van der Waals surface area contributed by atoms with Crippen LogP contribution >= 0.6 is 11.6 Å². The van der Waals surface area contributed by atoms with Gasteiger partial charge in [0.25, 0.3) is 0 Å². The lowest BCUT2D eigenvalue weighted by molar-refractivity contribution is 0.199. The Morgan fingerprint density at radius 3 is 3.00 bits per heavy atom.